The van der Waals surface area contributed by atoms with Crippen molar-refractivity contribution < 1.29 is 19.1 Å². The van der Waals surface area contributed by atoms with E-state index < -0.39 is 24.0 Å². The third-order valence-corrected chi connectivity index (χ3v) is 7.98. The zero-order valence-electron chi connectivity index (χ0n) is 22.9. The van der Waals surface area contributed by atoms with E-state index in [9.17, 15) is 14.4 Å². The Hall–Kier alpha value is -5.37. The maximum Gasteiger partial charge on any atom is 0.332 e. The van der Waals surface area contributed by atoms with Gasteiger partial charge in [-0.1, -0.05) is 60.7 Å². The van der Waals surface area contributed by atoms with Crippen molar-refractivity contribution in [3.63, 3.8) is 0 Å². The number of nitrogens with zero attached hydrogens (tertiary/aromatic N) is 2. The summed E-state index contributed by atoms with van der Waals surface area (Å²) < 4.78 is 5.49. The van der Waals surface area contributed by atoms with Crippen molar-refractivity contribution in [1.82, 2.24) is 9.88 Å². The highest BCUT2D eigenvalue weighted by Crippen LogP contribution is 2.45. The number of urea groups is 1. The van der Waals surface area contributed by atoms with Gasteiger partial charge in [-0.15, -0.1) is 0 Å². The van der Waals surface area contributed by atoms with Gasteiger partial charge in [0.15, 0.2) is 0 Å². The van der Waals surface area contributed by atoms with Crippen LogP contribution in [0.25, 0.3) is 10.9 Å². The lowest BCUT2D eigenvalue weighted by atomic mass is 9.89. The summed E-state index contributed by atoms with van der Waals surface area (Å²) in [5, 5.41) is 3.93. The van der Waals surface area contributed by atoms with E-state index in [0.29, 0.717) is 24.5 Å². The molecule has 3 heterocycles. The van der Waals surface area contributed by atoms with Crippen LogP contribution in [0.1, 0.15) is 40.1 Å². The molecule has 2 N–H and O–H groups in total. The number of carbonyl (C=O) groups is 3. The Balaban J connectivity index is 1.27. The van der Waals surface area contributed by atoms with Gasteiger partial charge >= 0.3 is 6.03 Å². The Labute approximate surface area is 242 Å². The summed E-state index contributed by atoms with van der Waals surface area (Å²) in [5.41, 5.74) is 4.87. The van der Waals surface area contributed by atoms with Crippen LogP contribution in [0.3, 0.4) is 0 Å². The Kier molecular flexibility index (Phi) is 6.23. The lowest BCUT2D eigenvalue weighted by molar-refractivity contribution is -0.120. The largest absolute Gasteiger partial charge is 0.494 e. The second-order valence-electron chi connectivity index (χ2n) is 10.4. The number of hydrogen-bond acceptors (Lipinski definition) is 4. The van der Waals surface area contributed by atoms with E-state index in [1.807, 2.05) is 61.5 Å². The molecule has 0 spiro atoms. The van der Waals surface area contributed by atoms with Crippen molar-refractivity contribution >= 4 is 40.1 Å². The number of nitrogens with one attached hydrogen (secondary N) is 2. The number of hydrogen-bond donors (Lipinski definition) is 2. The zero-order chi connectivity index (χ0) is 28.8. The highest BCUT2D eigenvalue weighted by molar-refractivity contribution is 6.24. The predicted molar refractivity (Wildman–Crippen MR) is 161 cm³/mol. The van der Waals surface area contributed by atoms with Crippen LogP contribution < -0.4 is 15.0 Å². The molecule has 8 heteroatoms. The SMILES string of the molecule is CCOc1ccc(NC(=O)c2ccccc2N2C(=O)[C@@H]3Cc4c([nH]c5ccccc45)[C@@H](c4ccccc4)N3C2=O)cc1. The Bertz CT molecular complexity index is 1830. The fourth-order valence-electron chi connectivity index (χ4n) is 6.14. The van der Waals surface area contributed by atoms with Crippen LogP contribution in [0.5, 0.6) is 5.75 Å². The van der Waals surface area contributed by atoms with Gasteiger partial charge in [0.1, 0.15) is 17.8 Å². The Morgan fingerprint density at radius 2 is 1.62 bits per heavy atom. The van der Waals surface area contributed by atoms with Gasteiger partial charge < -0.3 is 15.0 Å². The van der Waals surface area contributed by atoms with Gasteiger partial charge in [0.25, 0.3) is 11.8 Å². The van der Waals surface area contributed by atoms with E-state index in [0.717, 1.165) is 27.7 Å². The molecule has 0 bridgehead atoms. The van der Waals surface area contributed by atoms with E-state index in [-0.39, 0.29) is 17.2 Å². The molecule has 2 aliphatic heterocycles. The van der Waals surface area contributed by atoms with Gasteiger partial charge in [0.05, 0.1) is 17.9 Å². The van der Waals surface area contributed by atoms with Crippen LogP contribution in [0.4, 0.5) is 16.2 Å². The Morgan fingerprint density at radius 3 is 2.40 bits per heavy atom. The number of imide groups is 1. The van der Waals surface area contributed by atoms with E-state index in [1.54, 1.807) is 53.4 Å². The molecule has 4 amide bonds. The maximum absolute atomic E-state index is 14.3. The molecular weight excluding hydrogens is 528 g/mol. The summed E-state index contributed by atoms with van der Waals surface area (Å²) in [6, 6.07) is 29.9. The normalized spacial score (nSPS) is 17.7. The molecule has 0 aliphatic carbocycles. The van der Waals surface area contributed by atoms with Crippen LogP contribution in [0, 0.1) is 0 Å². The standard InChI is InChI=1S/C34H28N4O4/c1-2-42-23-18-16-22(17-19-23)35-32(39)25-13-7-9-15-28(25)38-33(40)29-20-26-24-12-6-8-14-27(24)36-30(26)31(37(29)34(38)41)21-10-4-3-5-11-21/h3-19,29,31,36H,2,20H2,1H3,(H,35,39)/t29-,31+/m0/s1. The van der Waals surface area contributed by atoms with Crippen molar-refractivity contribution in [3.05, 3.63) is 126 Å². The number of anilines is 2. The summed E-state index contributed by atoms with van der Waals surface area (Å²) in [7, 11) is 0. The number of benzene rings is 4. The molecular formula is C34H28N4O4. The number of aromatic amines is 1. The number of rotatable bonds is 6. The summed E-state index contributed by atoms with van der Waals surface area (Å²) in [6.45, 7) is 2.45. The topological polar surface area (TPSA) is 94.7 Å². The smallest absolute Gasteiger partial charge is 0.332 e. The number of fused-ring (bicyclic) bond motifs is 4. The summed E-state index contributed by atoms with van der Waals surface area (Å²) in [6.07, 6.45) is 0.379. The van der Waals surface area contributed by atoms with Crippen molar-refractivity contribution in [3.8, 4) is 5.75 Å². The molecule has 208 valence electrons. The molecule has 2 atom stereocenters. The number of carbonyl (C=O) groups excluding carboxylic acids is 3. The highest BCUT2D eigenvalue weighted by atomic mass is 16.5. The first-order valence-corrected chi connectivity index (χ1v) is 14.0. The molecule has 1 fully saturated rings. The van der Waals surface area contributed by atoms with Crippen molar-refractivity contribution in [2.75, 3.05) is 16.8 Å². The molecule has 1 aromatic heterocycles. The third-order valence-electron chi connectivity index (χ3n) is 7.98. The van der Waals surface area contributed by atoms with Crippen LogP contribution in [-0.2, 0) is 11.2 Å². The van der Waals surface area contributed by atoms with Gasteiger partial charge in [-0.2, -0.15) is 0 Å². The molecule has 0 unspecified atom stereocenters. The monoisotopic (exact) mass is 556 g/mol. The number of para-hydroxylation sites is 2. The van der Waals surface area contributed by atoms with E-state index >= 15 is 0 Å². The number of aromatic nitrogens is 1. The minimum atomic E-state index is -0.711. The van der Waals surface area contributed by atoms with Gasteiger partial charge in [0.2, 0.25) is 0 Å². The predicted octanol–water partition coefficient (Wildman–Crippen LogP) is 6.30. The van der Waals surface area contributed by atoms with E-state index in [1.165, 1.54) is 4.90 Å². The van der Waals surface area contributed by atoms with Crippen LogP contribution >= 0.6 is 0 Å². The lowest BCUT2D eigenvalue weighted by Gasteiger charge is -2.36. The Morgan fingerprint density at radius 1 is 0.905 bits per heavy atom. The molecule has 2 aliphatic rings. The molecule has 4 aromatic carbocycles. The number of H-pyrrole nitrogens is 1. The van der Waals surface area contributed by atoms with Crippen molar-refractivity contribution in [2.45, 2.75) is 25.4 Å². The molecule has 1 saturated heterocycles. The molecule has 7 rings (SSSR count). The van der Waals surface area contributed by atoms with Crippen molar-refractivity contribution in [1.29, 1.82) is 0 Å². The van der Waals surface area contributed by atoms with E-state index in [4.69, 9.17) is 4.74 Å². The quantitative estimate of drug-likeness (QED) is 0.240. The molecule has 0 saturated carbocycles. The first-order valence-electron chi connectivity index (χ1n) is 14.0. The van der Waals surface area contributed by atoms with Gasteiger partial charge in [-0.3, -0.25) is 14.5 Å². The van der Waals surface area contributed by atoms with Gasteiger partial charge in [0, 0.05) is 28.7 Å². The average Bonchev–Trinajstić information content (AvgIpc) is 3.51. The summed E-state index contributed by atoms with van der Waals surface area (Å²) in [4.78, 5) is 48.3. The second kappa shape index (κ2) is 10.2. The fraction of sp³-hybridized carbons (Fsp3) is 0.147. The lowest BCUT2D eigenvalue weighted by Crippen LogP contribution is -2.44. The highest BCUT2D eigenvalue weighted by Gasteiger charge is 2.53. The van der Waals surface area contributed by atoms with Crippen LogP contribution in [-0.4, -0.2) is 40.4 Å². The van der Waals surface area contributed by atoms with Gasteiger partial charge in [-0.25, -0.2) is 9.69 Å². The first-order chi connectivity index (χ1) is 20.5. The summed E-state index contributed by atoms with van der Waals surface area (Å²) in [5.74, 6) is -0.0689. The maximum atomic E-state index is 14.3. The van der Waals surface area contributed by atoms with Gasteiger partial charge in [-0.05, 0) is 60.5 Å². The van der Waals surface area contributed by atoms with Crippen molar-refractivity contribution in [2.24, 2.45) is 0 Å². The number of amides is 4. The summed E-state index contributed by atoms with van der Waals surface area (Å²) >= 11 is 0. The molecule has 5 aromatic rings. The van der Waals surface area contributed by atoms with Crippen LogP contribution in [0.2, 0.25) is 0 Å². The first kappa shape index (κ1) is 25.6. The molecule has 8 nitrogen and oxygen atoms in total. The average molecular weight is 557 g/mol. The molecule has 42 heavy (non-hydrogen) atoms. The van der Waals surface area contributed by atoms with Crippen LogP contribution in [0.15, 0.2) is 103 Å². The zero-order valence-corrected chi connectivity index (χ0v) is 22.9. The minimum absolute atomic E-state index is 0.230. The minimum Gasteiger partial charge on any atom is -0.494 e. The van der Waals surface area contributed by atoms with E-state index in [2.05, 4.69) is 10.3 Å². The molecule has 0 radical (unpaired) electrons. The second-order valence-corrected chi connectivity index (χ2v) is 10.4. The fourth-order valence-corrected chi connectivity index (χ4v) is 6.14. The number of ether oxygens (including phenoxy) is 1. The third kappa shape index (κ3) is 4.11.